The Kier molecular flexibility index (Phi) is 4.25. The van der Waals surface area contributed by atoms with Crippen molar-refractivity contribution in [1.29, 1.82) is 0 Å². The summed E-state index contributed by atoms with van der Waals surface area (Å²) >= 11 is 0. The maximum Gasteiger partial charge on any atom is 0.250 e. The quantitative estimate of drug-likeness (QED) is 0.730. The third-order valence-electron chi connectivity index (χ3n) is 3.12. The first kappa shape index (κ1) is 13.9. The van der Waals surface area contributed by atoms with E-state index in [1.54, 1.807) is 18.2 Å². The Hall–Kier alpha value is -2.49. The summed E-state index contributed by atoms with van der Waals surface area (Å²) in [6.07, 6.45) is 2.17. The number of nitrogens with two attached hydrogens (primary N) is 2. The van der Waals surface area contributed by atoms with Gasteiger partial charge in [-0.3, -0.25) is 4.79 Å². The number of hydrogen-bond donors (Lipinski definition) is 3. The van der Waals surface area contributed by atoms with Crippen LogP contribution in [0.25, 0.3) is 0 Å². The zero-order valence-corrected chi connectivity index (χ0v) is 11.5. The summed E-state index contributed by atoms with van der Waals surface area (Å²) in [7, 11) is 0. The Morgan fingerprint density at radius 1 is 1.15 bits per heavy atom. The van der Waals surface area contributed by atoms with Crippen LogP contribution in [0.5, 0.6) is 0 Å². The first-order chi connectivity index (χ1) is 9.61. The lowest BCUT2D eigenvalue weighted by Crippen LogP contribution is -2.14. The summed E-state index contributed by atoms with van der Waals surface area (Å²) in [5.41, 5.74) is 14.9. The number of carbonyl (C=O) groups excluding carboxylic acids is 1. The molecule has 0 spiro atoms. The maximum absolute atomic E-state index is 11.4. The molecule has 4 heteroatoms. The van der Waals surface area contributed by atoms with Crippen LogP contribution in [-0.4, -0.2) is 5.91 Å². The predicted octanol–water partition coefficient (Wildman–Crippen LogP) is 3.06. The zero-order chi connectivity index (χ0) is 14.5. The number of benzene rings is 2. The van der Waals surface area contributed by atoms with Gasteiger partial charge < -0.3 is 16.8 Å². The number of para-hydroxylation sites is 1. The Morgan fingerprint density at radius 2 is 1.85 bits per heavy atom. The van der Waals surface area contributed by atoms with Crippen LogP contribution in [0.3, 0.4) is 0 Å². The lowest BCUT2D eigenvalue weighted by Gasteiger charge is -2.13. The number of rotatable bonds is 5. The van der Waals surface area contributed by atoms with Crippen LogP contribution in [0.4, 0.5) is 17.1 Å². The van der Waals surface area contributed by atoms with Gasteiger partial charge in [0.25, 0.3) is 5.91 Å². The standard InChI is InChI=1S/C16H19N3O/c1-2-4-11-7-9-12(10-8-11)19-15-13(16(18)20)5-3-6-14(15)17/h3,5-10,19H,2,4,17H2,1H3,(H2,18,20). The summed E-state index contributed by atoms with van der Waals surface area (Å²) < 4.78 is 0. The second-order valence-corrected chi connectivity index (χ2v) is 4.71. The lowest BCUT2D eigenvalue weighted by atomic mass is 10.1. The Balaban J connectivity index is 2.27. The smallest absolute Gasteiger partial charge is 0.250 e. The van der Waals surface area contributed by atoms with Gasteiger partial charge >= 0.3 is 0 Å². The van der Waals surface area contributed by atoms with Gasteiger partial charge in [0, 0.05) is 5.69 Å². The van der Waals surface area contributed by atoms with Gasteiger partial charge in [0.05, 0.1) is 16.9 Å². The highest BCUT2D eigenvalue weighted by Crippen LogP contribution is 2.27. The van der Waals surface area contributed by atoms with Crippen molar-refractivity contribution < 1.29 is 4.79 Å². The fourth-order valence-electron chi connectivity index (χ4n) is 2.10. The topological polar surface area (TPSA) is 81.1 Å². The molecule has 2 aromatic rings. The summed E-state index contributed by atoms with van der Waals surface area (Å²) in [4.78, 5) is 11.4. The number of carbonyl (C=O) groups is 1. The van der Waals surface area contributed by atoms with E-state index >= 15 is 0 Å². The second-order valence-electron chi connectivity index (χ2n) is 4.71. The highest BCUT2D eigenvalue weighted by Gasteiger charge is 2.11. The number of anilines is 3. The molecule has 4 nitrogen and oxygen atoms in total. The molecular weight excluding hydrogens is 250 g/mol. The largest absolute Gasteiger partial charge is 0.397 e. The van der Waals surface area contributed by atoms with Crippen LogP contribution in [0, 0.1) is 0 Å². The molecule has 0 saturated carbocycles. The fraction of sp³-hybridized carbons (Fsp3) is 0.188. The number of nitrogens with one attached hydrogen (secondary N) is 1. The van der Waals surface area contributed by atoms with E-state index in [4.69, 9.17) is 11.5 Å². The van der Waals surface area contributed by atoms with Gasteiger partial charge in [0.1, 0.15) is 0 Å². The molecule has 2 aromatic carbocycles. The molecule has 0 aliphatic heterocycles. The maximum atomic E-state index is 11.4. The molecule has 0 bridgehead atoms. The van der Waals surface area contributed by atoms with E-state index in [0.717, 1.165) is 18.5 Å². The van der Waals surface area contributed by atoms with Crippen LogP contribution >= 0.6 is 0 Å². The normalized spacial score (nSPS) is 10.2. The molecular formula is C16H19N3O. The van der Waals surface area contributed by atoms with E-state index in [1.165, 1.54) is 5.56 Å². The molecule has 2 rings (SSSR count). The Morgan fingerprint density at radius 3 is 2.45 bits per heavy atom. The first-order valence-corrected chi connectivity index (χ1v) is 6.66. The van der Waals surface area contributed by atoms with Crippen LogP contribution in [0.15, 0.2) is 42.5 Å². The van der Waals surface area contributed by atoms with E-state index in [9.17, 15) is 4.79 Å². The van der Waals surface area contributed by atoms with Gasteiger partial charge in [-0.25, -0.2) is 0 Å². The first-order valence-electron chi connectivity index (χ1n) is 6.66. The van der Waals surface area contributed by atoms with Gasteiger partial charge in [0.15, 0.2) is 0 Å². The molecule has 0 heterocycles. The van der Waals surface area contributed by atoms with Crippen molar-refractivity contribution in [2.75, 3.05) is 11.1 Å². The van der Waals surface area contributed by atoms with Gasteiger partial charge in [0.2, 0.25) is 0 Å². The van der Waals surface area contributed by atoms with Crippen LogP contribution in [0.2, 0.25) is 0 Å². The molecule has 0 aliphatic rings. The fourth-order valence-corrected chi connectivity index (χ4v) is 2.10. The number of aryl methyl sites for hydroxylation is 1. The Bertz CT molecular complexity index is 606. The monoisotopic (exact) mass is 269 g/mol. The Labute approximate surface area is 118 Å². The third-order valence-corrected chi connectivity index (χ3v) is 3.12. The van der Waals surface area contributed by atoms with Crippen molar-refractivity contribution in [2.45, 2.75) is 19.8 Å². The van der Waals surface area contributed by atoms with E-state index in [-0.39, 0.29) is 0 Å². The summed E-state index contributed by atoms with van der Waals surface area (Å²) in [6.45, 7) is 2.15. The molecule has 0 unspecified atom stereocenters. The minimum absolute atomic E-state index is 0.391. The summed E-state index contributed by atoms with van der Waals surface area (Å²) in [5, 5.41) is 3.17. The van der Waals surface area contributed by atoms with Crippen LogP contribution < -0.4 is 16.8 Å². The van der Waals surface area contributed by atoms with Crippen LogP contribution in [-0.2, 0) is 6.42 Å². The average Bonchev–Trinajstić information content (AvgIpc) is 2.43. The molecule has 1 amide bonds. The molecule has 5 N–H and O–H groups in total. The molecule has 0 atom stereocenters. The predicted molar refractivity (Wildman–Crippen MR) is 83.1 cm³/mol. The molecule has 0 aromatic heterocycles. The number of primary amides is 1. The molecule has 104 valence electrons. The second kappa shape index (κ2) is 6.10. The van der Waals surface area contributed by atoms with E-state index < -0.39 is 5.91 Å². The summed E-state index contributed by atoms with van der Waals surface area (Å²) in [5.74, 6) is -0.498. The van der Waals surface area contributed by atoms with E-state index in [1.807, 2.05) is 12.1 Å². The lowest BCUT2D eigenvalue weighted by molar-refractivity contribution is 0.100. The average molecular weight is 269 g/mol. The van der Waals surface area contributed by atoms with E-state index in [0.29, 0.717) is 16.9 Å². The highest BCUT2D eigenvalue weighted by atomic mass is 16.1. The van der Waals surface area contributed by atoms with Crippen molar-refractivity contribution in [3.8, 4) is 0 Å². The minimum atomic E-state index is -0.498. The van der Waals surface area contributed by atoms with Crippen molar-refractivity contribution in [1.82, 2.24) is 0 Å². The van der Waals surface area contributed by atoms with Crippen LogP contribution in [0.1, 0.15) is 29.3 Å². The minimum Gasteiger partial charge on any atom is -0.397 e. The van der Waals surface area contributed by atoms with Crippen molar-refractivity contribution >= 4 is 23.0 Å². The molecule has 0 aliphatic carbocycles. The molecule has 0 saturated heterocycles. The van der Waals surface area contributed by atoms with Crippen molar-refractivity contribution in [3.05, 3.63) is 53.6 Å². The third kappa shape index (κ3) is 3.09. The molecule has 20 heavy (non-hydrogen) atoms. The molecule has 0 fully saturated rings. The van der Waals surface area contributed by atoms with Gasteiger partial charge in [-0.05, 0) is 36.2 Å². The van der Waals surface area contributed by atoms with Gasteiger partial charge in [-0.15, -0.1) is 0 Å². The molecule has 0 radical (unpaired) electrons. The van der Waals surface area contributed by atoms with Gasteiger partial charge in [-0.2, -0.15) is 0 Å². The zero-order valence-electron chi connectivity index (χ0n) is 11.5. The summed E-state index contributed by atoms with van der Waals surface area (Å²) in [6, 6.07) is 13.2. The number of nitrogen functional groups attached to an aromatic ring is 1. The highest BCUT2D eigenvalue weighted by molar-refractivity contribution is 6.02. The SMILES string of the molecule is CCCc1ccc(Nc2c(N)cccc2C(N)=O)cc1. The van der Waals surface area contributed by atoms with Crippen molar-refractivity contribution in [3.63, 3.8) is 0 Å². The van der Waals surface area contributed by atoms with E-state index in [2.05, 4.69) is 24.4 Å². The number of hydrogen-bond acceptors (Lipinski definition) is 3. The van der Waals surface area contributed by atoms with Crippen molar-refractivity contribution in [2.24, 2.45) is 5.73 Å². The van der Waals surface area contributed by atoms with Gasteiger partial charge in [-0.1, -0.05) is 31.5 Å². The number of amides is 1.